The minimum absolute atomic E-state index is 0.215. The predicted octanol–water partition coefficient (Wildman–Crippen LogP) is 1.36. The van der Waals surface area contributed by atoms with Crippen LogP contribution in [0.4, 0.5) is 0 Å². The van der Waals surface area contributed by atoms with E-state index in [1.165, 1.54) is 0 Å². The summed E-state index contributed by atoms with van der Waals surface area (Å²) in [6.45, 7) is 3.46. The van der Waals surface area contributed by atoms with Gasteiger partial charge in [0.15, 0.2) is 0 Å². The standard InChI is InChI=1S/C12H18N2O/c1-9-6-10(8-15)12(14-7-9)11-4-2-3-5-13-11/h2-5,9-10,12,14-15H,6-8H2,1H3. The van der Waals surface area contributed by atoms with E-state index in [1.807, 2.05) is 24.4 Å². The fourth-order valence-corrected chi connectivity index (χ4v) is 2.32. The van der Waals surface area contributed by atoms with Crippen molar-refractivity contribution in [1.29, 1.82) is 0 Å². The maximum absolute atomic E-state index is 9.37. The van der Waals surface area contributed by atoms with E-state index in [2.05, 4.69) is 17.2 Å². The van der Waals surface area contributed by atoms with Crippen LogP contribution < -0.4 is 5.32 Å². The molecule has 15 heavy (non-hydrogen) atoms. The zero-order chi connectivity index (χ0) is 10.7. The van der Waals surface area contributed by atoms with E-state index >= 15 is 0 Å². The van der Waals surface area contributed by atoms with Crippen LogP contribution >= 0.6 is 0 Å². The molecule has 3 nitrogen and oxygen atoms in total. The van der Waals surface area contributed by atoms with Crippen molar-refractivity contribution in [1.82, 2.24) is 10.3 Å². The van der Waals surface area contributed by atoms with E-state index in [4.69, 9.17) is 0 Å². The van der Waals surface area contributed by atoms with Crippen LogP contribution in [0.5, 0.6) is 0 Å². The molecule has 1 aromatic heterocycles. The number of piperidine rings is 1. The number of aromatic nitrogens is 1. The molecular formula is C12H18N2O. The van der Waals surface area contributed by atoms with Crippen LogP contribution in [0.3, 0.4) is 0 Å². The minimum Gasteiger partial charge on any atom is -0.396 e. The SMILES string of the molecule is CC1CNC(c2ccccn2)C(CO)C1. The van der Waals surface area contributed by atoms with Crippen LogP contribution in [0.25, 0.3) is 0 Å². The van der Waals surface area contributed by atoms with E-state index in [9.17, 15) is 5.11 Å². The molecule has 0 spiro atoms. The Kier molecular flexibility index (Phi) is 3.34. The molecular weight excluding hydrogens is 188 g/mol. The third kappa shape index (κ3) is 2.36. The van der Waals surface area contributed by atoms with Crippen molar-refractivity contribution in [3.63, 3.8) is 0 Å². The third-order valence-electron chi connectivity index (χ3n) is 3.10. The highest BCUT2D eigenvalue weighted by molar-refractivity contribution is 5.11. The minimum atomic E-state index is 0.215. The van der Waals surface area contributed by atoms with Crippen molar-refractivity contribution in [2.24, 2.45) is 11.8 Å². The number of rotatable bonds is 2. The Hall–Kier alpha value is -0.930. The summed E-state index contributed by atoms with van der Waals surface area (Å²) in [4.78, 5) is 4.35. The highest BCUT2D eigenvalue weighted by Gasteiger charge is 2.29. The molecule has 3 atom stereocenters. The highest BCUT2D eigenvalue weighted by Crippen LogP contribution is 2.29. The molecule has 82 valence electrons. The lowest BCUT2D eigenvalue weighted by atomic mass is 9.84. The first-order valence-electron chi connectivity index (χ1n) is 5.56. The monoisotopic (exact) mass is 206 g/mol. The van der Waals surface area contributed by atoms with Crippen LogP contribution in [0.2, 0.25) is 0 Å². The van der Waals surface area contributed by atoms with Crippen molar-refractivity contribution in [2.75, 3.05) is 13.2 Å². The van der Waals surface area contributed by atoms with Gasteiger partial charge in [0.05, 0.1) is 11.7 Å². The van der Waals surface area contributed by atoms with E-state index in [-0.39, 0.29) is 12.6 Å². The van der Waals surface area contributed by atoms with Gasteiger partial charge in [0.1, 0.15) is 0 Å². The fraction of sp³-hybridized carbons (Fsp3) is 0.583. The van der Waals surface area contributed by atoms with Gasteiger partial charge in [-0.2, -0.15) is 0 Å². The van der Waals surface area contributed by atoms with Gasteiger partial charge in [0.25, 0.3) is 0 Å². The summed E-state index contributed by atoms with van der Waals surface area (Å²) < 4.78 is 0. The highest BCUT2D eigenvalue weighted by atomic mass is 16.3. The molecule has 1 aliphatic heterocycles. The number of aliphatic hydroxyl groups is 1. The van der Waals surface area contributed by atoms with E-state index < -0.39 is 0 Å². The summed E-state index contributed by atoms with van der Waals surface area (Å²) in [7, 11) is 0. The number of nitrogens with one attached hydrogen (secondary N) is 1. The predicted molar refractivity (Wildman–Crippen MR) is 59.3 cm³/mol. The van der Waals surface area contributed by atoms with Crippen LogP contribution in [0.15, 0.2) is 24.4 Å². The Morgan fingerprint density at radius 3 is 3.07 bits per heavy atom. The van der Waals surface area contributed by atoms with Crippen LogP contribution in [0.1, 0.15) is 25.1 Å². The quantitative estimate of drug-likeness (QED) is 0.768. The molecule has 3 heteroatoms. The van der Waals surface area contributed by atoms with Crippen molar-refractivity contribution in [3.05, 3.63) is 30.1 Å². The van der Waals surface area contributed by atoms with Gasteiger partial charge < -0.3 is 10.4 Å². The maximum atomic E-state index is 9.37. The second-order valence-corrected chi connectivity index (χ2v) is 4.42. The van der Waals surface area contributed by atoms with E-state index in [1.54, 1.807) is 0 Å². The molecule has 1 aromatic rings. The summed E-state index contributed by atoms with van der Waals surface area (Å²) in [5.74, 6) is 0.936. The lowest BCUT2D eigenvalue weighted by molar-refractivity contribution is 0.135. The van der Waals surface area contributed by atoms with Gasteiger partial charge >= 0.3 is 0 Å². The summed E-state index contributed by atoms with van der Waals surface area (Å²) >= 11 is 0. The maximum Gasteiger partial charge on any atom is 0.0576 e. The van der Waals surface area contributed by atoms with Gasteiger partial charge in [-0.3, -0.25) is 4.98 Å². The number of hydrogen-bond donors (Lipinski definition) is 2. The normalized spacial score (nSPS) is 31.5. The molecule has 0 bridgehead atoms. The zero-order valence-electron chi connectivity index (χ0n) is 9.06. The molecule has 3 unspecified atom stereocenters. The van der Waals surface area contributed by atoms with Crippen molar-refractivity contribution in [2.45, 2.75) is 19.4 Å². The van der Waals surface area contributed by atoms with Gasteiger partial charge in [0, 0.05) is 18.7 Å². The van der Waals surface area contributed by atoms with Crippen LogP contribution in [-0.2, 0) is 0 Å². The molecule has 2 rings (SSSR count). The molecule has 0 amide bonds. The zero-order valence-corrected chi connectivity index (χ0v) is 9.06. The second-order valence-electron chi connectivity index (χ2n) is 4.42. The number of aliphatic hydroxyl groups excluding tert-OH is 1. The number of nitrogens with zero attached hydrogens (tertiary/aromatic N) is 1. The number of hydrogen-bond acceptors (Lipinski definition) is 3. The lowest BCUT2D eigenvalue weighted by Gasteiger charge is -2.34. The Morgan fingerprint density at radius 1 is 1.53 bits per heavy atom. The van der Waals surface area contributed by atoms with Crippen molar-refractivity contribution in [3.8, 4) is 0 Å². The smallest absolute Gasteiger partial charge is 0.0576 e. The summed E-state index contributed by atoms with van der Waals surface area (Å²) in [5.41, 5.74) is 1.04. The fourth-order valence-electron chi connectivity index (χ4n) is 2.32. The Balaban J connectivity index is 2.14. The molecule has 0 saturated carbocycles. The van der Waals surface area contributed by atoms with E-state index in [0.29, 0.717) is 11.8 Å². The first-order chi connectivity index (χ1) is 7.31. The van der Waals surface area contributed by atoms with Crippen molar-refractivity contribution >= 4 is 0 Å². The molecule has 0 aromatic carbocycles. The van der Waals surface area contributed by atoms with Crippen LogP contribution in [0, 0.1) is 11.8 Å². The molecule has 1 aliphatic rings. The van der Waals surface area contributed by atoms with Gasteiger partial charge in [-0.25, -0.2) is 0 Å². The summed E-state index contributed by atoms with van der Waals surface area (Å²) in [6, 6.07) is 6.16. The van der Waals surface area contributed by atoms with Gasteiger partial charge in [-0.05, 0) is 31.0 Å². The molecule has 1 fully saturated rings. The second kappa shape index (κ2) is 4.73. The Bertz CT molecular complexity index is 302. The molecule has 0 aliphatic carbocycles. The first kappa shape index (κ1) is 10.6. The lowest BCUT2D eigenvalue weighted by Crippen LogP contribution is -2.40. The average molecular weight is 206 g/mol. The molecule has 2 heterocycles. The van der Waals surface area contributed by atoms with E-state index in [0.717, 1.165) is 18.7 Å². The molecule has 2 N–H and O–H groups in total. The Morgan fingerprint density at radius 2 is 2.40 bits per heavy atom. The van der Waals surface area contributed by atoms with Crippen molar-refractivity contribution < 1.29 is 5.11 Å². The Labute approximate surface area is 90.5 Å². The van der Waals surface area contributed by atoms with Gasteiger partial charge in [-0.15, -0.1) is 0 Å². The van der Waals surface area contributed by atoms with Crippen LogP contribution in [-0.4, -0.2) is 23.2 Å². The van der Waals surface area contributed by atoms with Gasteiger partial charge in [0.2, 0.25) is 0 Å². The average Bonchev–Trinajstić information content (AvgIpc) is 2.30. The van der Waals surface area contributed by atoms with Gasteiger partial charge in [-0.1, -0.05) is 13.0 Å². The number of pyridine rings is 1. The molecule has 1 saturated heterocycles. The third-order valence-corrected chi connectivity index (χ3v) is 3.10. The topological polar surface area (TPSA) is 45.2 Å². The summed E-state index contributed by atoms with van der Waals surface area (Å²) in [5, 5.41) is 12.8. The first-order valence-corrected chi connectivity index (χ1v) is 5.56. The summed E-state index contributed by atoms with van der Waals surface area (Å²) in [6.07, 6.45) is 2.88. The largest absolute Gasteiger partial charge is 0.396 e. The molecule has 0 radical (unpaired) electrons.